The number of thiocarbonyl (C=S) groups is 1. The first-order valence-corrected chi connectivity index (χ1v) is 9.91. The van der Waals surface area contributed by atoms with Crippen molar-refractivity contribution in [3.05, 3.63) is 70.0 Å². The maximum atomic E-state index is 11.7. The van der Waals surface area contributed by atoms with Gasteiger partial charge in [-0.1, -0.05) is 24.4 Å². The molecule has 2 aromatic rings. The highest BCUT2D eigenvalue weighted by Crippen LogP contribution is 2.51. The summed E-state index contributed by atoms with van der Waals surface area (Å²) in [6.07, 6.45) is 5.58. The number of aromatic nitrogens is 1. The molecule has 7 nitrogen and oxygen atoms in total. The van der Waals surface area contributed by atoms with E-state index < -0.39 is 28.5 Å². The van der Waals surface area contributed by atoms with E-state index in [1.807, 2.05) is 36.0 Å². The highest BCUT2D eigenvalue weighted by Gasteiger charge is 2.62. The summed E-state index contributed by atoms with van der Waals surface area (Å²) in [5.74, 6) is -1.09. The number of nitro benzene ring substituents is 1. The van der Waals surface area contributed by atoms with Crippen molar-refractivity contribution in [3.8, 4) is 6.07 Å². The van der Waals surface area contributed by atoms with Crippen LogP contribution in [0.2, 0.25) is 0 Å². The van der Waals surface area contributed by atoms with Crippen molar-refractivity contribution in [3.63, 3.8) is 0 Å². The molecule has 1 saturated carbocycles. The van der Waals surface area contributed by atoms with E-state index in [2.05, 4.69) is 11.4 Å². The van der Waals surface area contributed by atoms with Crippen molar-refractivity contribution in [1.82, 2.24) is 5.32 Å². The Balaban J connectivity index is 1.89. The van der Waals surface area contributed by atoms with Crippen molar-refractivity contribution >= 4 is 22.9 Å². The lowest BCUT2D eigenvalue weighted by Gasteiger charge is -2.44. The third-order valence-electron chi connectivity index (χ3n) is 5.87. The van der Waals surface area contributed by atoms with Gasteiger partial charge in [0.05, 0.1) is 21.9 Å². The molecular formula is C21H21N4O3S+. The minimum Gasteiger partial charge on any atom is -0.365 e. The first-order valence-electron chi connectivity index (χ1n) is 9.51. The number of nitriles is 1. The van der Waals surface area contributed by atoms with Crippen LogP contribution in [0.15, 0.2) is 48.8 Å². The summed E-state index contributed by atoms with van der Waals surface area (Å²) in [6, 6.07) is 11.9. The van der Waals surface area contributed by atoms with E-state index in [9.17, 15) is 20.5 Å². The molecule has 0 bridgehead atoms. The SMILES string of the molecule is Cc1ccc[n+]([C@H]2[C@H](c3ccc([N+](=O)[O-])cc3)[C@H](C#N)C(=S)N[C@]2(O)C2CC2)c1. The summed E-state index contributed by atoms with van der Waals surface area (Å²) >= 11 is 5.48. The Labute approximate surface area is 173 Å². The predicted molar refractivity (Wildman–Crippen MR) is 109 cm³/mol. The van der Waals surface area contributed by atoms with Crippen LogP contribution in [0.1, 0.15) is 35.9 Å². The number of non-ortho nitro benzene ring substituents is 1. The van der Waals surface area contributed by atoms with Crippen LogP contribution in [0.25, 0.3) is 0 Å². The van der Waals surface area contributed by atoms with E-state index in [-0.39, 0.29) is 11.6 Å². The van der Waals surface area contributed by atoms with Gasteiger partial charge in [0.1, 0.15) is 5.92 Å². The Morgan fingerprint density at radius 2 is 2.03 bits per heavy atom. The molecule has 0 spiro atoms. The Kier molecular flexibility index (Phi) is 4.81. The number of hydrogen-bond acceptors (Lipinski definition) is 5. The van der Waals surface area contributed by atoms with E-state index in [0.29, 0.717) is 4.99 Å². The van der Waals surface area contributed by atoms with Gasteiger partial charge in [0.2, 0.25) is 11.8 Å². The molecule has 2 N–H and O–H groups in total. The highest BCUT2D eigenvalue weighted by atomic mass is 32.1. The quantitative estimate of drug-likeness (QED) is 0.348. The molecule has 4 atom stereocenters. The topological polar surface area (TPSA) is 103 Å². The molecule has 1 aromatic carbocycles. The molecule has 0 amide bonds. The molecule has 0 unspecified atom stereocenters. The van der Waals surface area contributed by atoms with Gasteiger partial charge in [0, 0.05) is 29.7 Å². The Bertz CT molecular complexity index is 1020. The average Bonchev–Trinajstić information content (AvgIpc) is 3.53. The Hall–Kier alpha value is -2.89. The zero-order chi connectivity index (χ0) is 20.8. The van der Waals surface area contributed by atoms with Crippen LogP contribution in [-0.2, 0) is 0 Å². The average molecular weight is 409 g/mol. The molecule has 2 heterocycles. The second kappa shape index (κ2) is 7.17. The van der Waals surface area contributed by atoms with E-state index in [4.69, 9.17) is 12.2 Å². The molecule has 2 aliphatic rings. The van der Waals surface area contributed by atoms with Crippen molar-refractivity contribution in [2.45, 2.75) is 37.5 Å². The fraction of sp³-hybridized carbons (Fsp3) is 0.381. The largest absolute Gasteiger partial charge is 0.365 e. The van der Waals surface area contributed by atoms with E-state index >= 15 is 0 Å². The lowest BCUT2D eigenvalue weighted by atomic mass is 9.72. The second-order valence-corrected chi connectivity index (χ2v) is 8.28. The molecular weight excluding hydrogens is 388 g/mol. The lowest BCUT2D eigenvalue weighted by molar-refractivity contribution is -0.744. The van der Waals surface area contributed by atoms with Crippen molar-refractivity contribution in [1.29, 1.82) is 5.26 Å². The number of nitrogens with one attached hydrogen (secondary N) is 1. The Morgan fingerprint density at radius 3 is 2.59 bits per heavy atom. The minimum absolute atomic E-state index is 0.0176. The van der Waals surface area contributed by atoms with Gasteiger partial charge in [-0.25, -0.2) is 0 Å². The molecule has 148 valence electrons. The maximum absolute atomic E-state index is 11.7. The molecule has 1 aromatic heterocycles. The zero-order valence-corrected chi connectivity index (χ0v) is 16.7. The molecule has 1 aliphatic carbocycles. The number of pyridine rings is 1. The summed E-state index contributed by atoms with van der Waals surface area (Å²) in [6.45, 7) is 1.97. The molecule has 29 heavy (non-hydrogen) atoms. The van der Waals surface area contributed by atoms with Crippen LogP contribution in [0.4, 0.5) is 5.69 Å². The summed E-state index contributed by atoms with van der Waals surface area (Å²) in [5, 5.41) is 35.8. The standard InChI is InChI=1S/C21H20N4O3S/c1-13-3-2-10-24(12-13)19-18(14-4-8-16(9-5-14)25(27)28)17(11-22)20(29)23-21(19,26)15-6-7-15/h2-5,8-10,12,15,17-19,26H,6-7H2,1H3/p+1/t17-,18+,19-,21-/m0/s1. The van der Waals surface area contributed by atoms with E-state index in [1.54, 1.807) is 12.1 Å². The number of hydrogen-bond donors (Lipinski definition) is 2. The van der Waals surface area contributed by atoms with Crippen molar-refractivity contribution in [2.75, 3.05) is 0 Å². The first-order chi connectivity index (χ1) is 13.8. The zero-order valence-electron chi connectivity index (χ0n) is 15.9. The summed E-state index contributed by atoms with van der Waals surface area (Å²) in [4.78, 5) is 10.9. The maximum Gasteiger partial charge on any atom is 0.269 e. The van der Waals surface area contributed by atoms with Gasteiger partial charge >= 0.3 is 0 Å². The van der Waals surface area contributed by atoms with Gasteiger partial charge in [-0.2, -0.15) is 9.83 Å². The van der Waals surface area contributed by atoms with Gasteiger partial charge < -0.3 is 10.4 Å². The second-order valence-electron chi connectivity index (χ2n) is 7.84. The molecule has 4 rings (SSSR count). The molecule has 1 saturated heterocycles. The summed E-state index contributed by atoms with van der Waals surface area (Å²) < 4.78 is 1.94. The van der Waals surface area contributed by atoms with Crippen molar-refractivity contribution in [2.24, 2.45) is 11.8 Å². The van der Waals surface area contributed by atoms with Crippen LogP contribution in [-0.4, -0.2) is 20.7 Å². The van der Waals surface area contributed by atoms with Gasteiger partial charge in [-0.3, -0.25) is 10.1 Å². The number of aliphatic hydroxyl groups is 1. The fourth-order valence-corrected chi connectivity index (χ4v) is 4.73. The van der Waals surface area contributed by atoms with Gasteiger partial charge in [0.25, 0.3) is 5.69 Å². The lowest BCUT2D eigenvalue weighted by Crippen LogP contribution is -2.69. The number of aryl methyl sites for hydroxylation is 1. The Morgan fingerprint density at radius 1 is 1.34 bits per heavy atom. The highest BCUT2D eigenvalue weighted by molar-refractivity contribution is 7.80. The molecule has 1 aliphatic heterocycles. The van der Waals surface area contributed by atoms with Crippen LogP contribution in [0.5, 0.6) is 0 Å². The van der Waals surface area contributed by atoms with Crippen LogP contribution in [0.3, 0.4) is 0 Å². The fourth-order valence-electron chi connectivity index (χ4n) is 4.37. The third kappa shape index (κ3) is 3.37. The third-order valence-corrected chi connectivity index (χ3v) is 6.23. The monoisotopic (exact) mass is 409 g/mol. The number of benzene rings is 1. The van der Waals surface area contributed by atoms with Crippen LogP contribution < -0.4 is 9.88 Å². The molecule has 8 heteroatoms. The van der Waals surface area contributed by atoms with Crippen LogP contribution >= 0.6 is 12.2 Å². The summed E-state index contributed by atoms with van der Waals surface area (Å²) in [5.41, 5.74) is 0.449. The normalized spacial score (nSPS) is 29.0. The number of rotatable bonds is 4. The van der Waals surface area contributed by atoms with E-state index in [0.717, 1.165) is 24.0 Å². The predicted octanol–water partition coefficient (Wildman–Crippen LogP) is 2.68. The number of piperidine rings is 1. The van der Waals surface area contributed by atoms with Gasteiger partial charge in [-0.05, 0) is 31.4 Å². The van der Waals surface area contributed by atoms with Gasteiger partial charge in [0.15, 0.2) is 12.4 Å². The minimum atomic E-state index is -1.30. The summed E-state index contributed by atoms with van der Waals surface area (Å²) in [7, 11) is 0. The first kappa shape index (κ1) is 19.4. The molecule has 0 radical (unpaired) electrons. The smallest absolute Gasteiger partial charge is 0.269 e. The van der Waals surface area contributed by atoms with Crippen LogP contribution in [0, 0.1) is 40.2 Å². The van der Waals surface area contributed by atoms with E-state index in [1.165, 1.54) is 12.1 Å². The van der Waals surface area contributed by atoms with Gasteiger partial charge in [-0.15, -0.1) is 0 Å². The number of nitro groups is 1. The molecule has 2 fully saturated rings. The van der Waals surface area contributed by atoms with Crippen molar-refractivity contribution < 1.29 is 14.6 Å². The number of nitrogens with zero attached hydrogens (tertiary/aromatic N) is 3.